The molecule has 0 bridgehead atoms. The van der Waals surface area contributed by atoms with Crippen LogP contribution in [0.25, 0.3) is 6.08 Å². The first kappa shape index (κ1) is 23.9. The number of hydrogen-bond acceptors (Lipinski definition) is 6. The minimum absolute atomic E-state index is 0.0380. The van der Waals surface area contributed by atoms with E-state index in [1.807, 2.05) is 0 Å². The van der Waals surface area contributed by atoms with Crippen LogP contribution < -0.4 is 14.4 Å². The molecule has 0 unspecified atom stereocenters. The number of anilines is 2. The molecular weight excluding hydrogens is 464 g/mol. The SMILES string of the molecule is COc1cc(C(=O)/C=C/c2csc(N(C(C)=O)c3ccc(F)cc3F)n2)ccc1OC(F)F. The number of ether oxygens (including phenoxy) is 2. The minimum atomic E-state index is -3.04. The molecular formula is C22H16F4N2O4S. The number of rotatable bonds is 8. The highest BCUT2D eigenvalue weighted by molar-refractivity contribution is 7.14. The van der Waals surface area contributed by atoms with Crippen LogP contribution >= 0.6 is 11.3 Å². The van der Waals surface area contributed by atoms with Crippen molar-refractivity contribution in [2.45, 2.75) is 13.5 Å². The summed E-state index contributed by atoms with van der Waals surface area (Å²) < 4.78 is 61.6. The Kier molecular flexibility index (Phi) is 7.44. The number of thiazole rings is 1. The quantitative estimate of drug-likeness (QED) is 0.238. The fraction of sp³-hybridized carbons (Fsp3) is 0.136. The molecule has 1 heterocycles. The van der Waals surface area contributed by atoms with Gasteiger partial charge in [-0.15, -0.1) is 11.3 Å². The van der Waals surface area contributed by atoms with Crippen molar-refractivity contribution in [2.24, 2.45) is 0 Å². The van der Waals surface area contributed by atoms with Gasteiger partial charge in [0.25, 0.3) is 0 Å². The van der Waals surface area contributed by atoms with Gasteiger partial charge in [-0.1, -0.05) is 0 Å². The molecule has 3 aromatic rings. The Morgan fingerprint density at radius 1 is 1.12 bits per heavy atom. The maximum absolute atomic E-state index is 14.2. The molecule has 0 saturated carbocycles. The lowest BCUT2D eigenvalue weighted by Crippen LogP contribution is -2.23. The van der Waals surface area contributed by atoms with Crippen molar-refractivity contribution in [2.75, 3.05) is 12.0 Å². The van der Waals surface area contributed by atoms with Crippen LogP contribution in [0.2, 0.25) is 0 Å². The second kappa shape index (κ2) is 10.3. The van der Waals surface area contributed by atoms with Crippen LogP contribution in [-0.4, -0.2) is 30.4 Å². The summed E-state index contributed by atoms with van der Waals surface area (Å²) in [7, 11) is 1.25. The summed E-state index contributed by atoms with van der Waals surface area (Å²) in [6.45, 7) is -1.84. The monoisotopic (exact) mass is 480 g/mol. The number of carbonyl (C=O) groups excluding carboxylic acids is 2. The molecule has 0 aliphatic heterocycles. The normalized spacial score (nSPS) is 11.1. The summed E-state index contributed by atoms with van der Waals surface area (Å²) >= 11 is 1.02. The first-order valence-corrected chi connectivity index (χ1v) is 10.1. The van der Waals surface area contributed by atoms with Gasteiger partial charge in [0, 0.05) is 23.9 Å². The van der Waals surface area contributed by atoms with Gasteiger partial charge in [-0.25, -0.2) is 13.8 Å². The zero-order valence-corrected chi connectivity index (χ0v) is 18.0. The topological polar surface area (TPSA) is 68.7 Å². The molecule has 1 aromatic heterocycles. The lowest BCUT2D eigenvalue weighted by molar-refractivity contribution is -0.115. The molecule has 2 aromatic carbocycles. The lowest BCUT2D eigenvalue weighted by Gasteiger charge is -2.18. The Labute approximate surface area is 189 Å². The first-order chi connectivity index (χ1) is 15.7. The van der Waals surface area contributed by atoms with E-state index in [0.29, 0.717) is 11.8 Å². The molecule has 0 atom stereocenters. The van der Waals surface area contributed by atoms with Gasteiger partial charge in [0.15, 0.2) is 22.4 Å². The largest absolute Gasteiger partial charge is 0.493 e. The summed E-state index contributed by atoms with van der Waals surface area (Å²) in [4.78, 5) is 29.8. The second-order valence-corrected chi connectivity index (χ2v) is 7.28. The van der Waals surface area contributed by atoms with Crippen molar-refractivity contribution in [3.05, 3.63) is 70.7 Å². The van der Waals surface area contributed by atoms with Crippen molar-refractivity contribution in [1.82, 2.24) is 4.98 Å². The molecule has 3 rings (SSSR count). The van der Waals surface area contributed by atoms with Crippen molar-refractivity contribution < 1.29 is 36.6 Å². The summed E-state index contributed by atoms with van der Waals surface area (Å²) in [5.41, 5.74) is 0.295. The summed E-state index contributed by atoms with van der Waals surface area (Å²) in [5.74, 6) is -2.98. The van der Waals surface area contributed by atoms with Crippen molar-refractivity contribution in [3.8, 4) is 11.5 Å². The molecule has 0 aliphatic carbocycles. The van der Waals surface area contributed by atoms with E-state index in [-0.39, 0.29) is 27.9 Å². The number of amides is 1. The maximum atomic E-state index is 14.2. The van der Waals surface area contributed by atoms with Crippen molar-refractivity contribution >= 4 is 39.9 Å². The highest BCUT2D eigenvalue weighted by Gasteiger charge is 2.21. The van der Waals surface area contributed by atoms with Gasteiger partial charge in [-0.3, -0.25) is 14.5 Å². The standard InChI is InChI=1S/C22H16F4N2O4S/c1-12(29)28(17-6-4-14(23)10-16(17)24)22-27-15(11-33-22)5-7-18(30)13-3-8-19(32-21(25)26)20(9-13)31-2/h3-11,21H,1-2H3/b7-5+. The molecule has 0 saturated heterocycles. The molecule has 6 nitrogen and oxygen atoms in total. The van der Waals surface area contributed by atoms with Crippen LogP contribution in [-0.2, 0) is 4.79 Å². The predicted molar refractivity (Wildman–Crippen MR) is 114 cm³/mol. The average molecular weight is 480 g/mol. The Balaban J connectivity index is 1.81. The summed E-state index contributed by atoms with van der Waals surface area (Å²) in [6, 6.07) is 6.55. The van der Waals surface area contributed by atoms with Crippen LogP contribution in [0.3, 0.4) is 0 Å². The van der Waals surface area contributed by atoms with Gasteiger partial charge >= 0.3 is 6.61 Å². The third-order valence-electron chi connectivity index (χ3n) is 4.24. The number of allylic oxidation sites excluding steroid dienone is 1. The lowest BCUT2D eigenvalue weighted by atomic mass is 10.1. The second-order valence-electron chi connectivity index (χ2n) is 6.45. The summed E-state index contributed by atoms with van der Waals surface area (Å²) in [6.07, 6.45) is 2.57. The smallest absolute Gasteiger partial charge is 0.387 e. The third kappa shape index (κ3) is 5.75. The van der Waals surface area contributed by atoms with E-state index in [0.717, 1.165) is 28.4 Å². The Morgan fingerprint density at radius 3 is 2.52 bits per heavy atom. The number of methoxy groups -OCH3 is 1. The van der Waals surface area contributed by atoms with E-state index >= 15 is 0 Å². The van der Waals surface area contributed by atoms with Gasteiger partial charge < -0.3 is 9.47 Å². The Hall–Kier alpha value is -3.73. The predicted octanol–water partition coefficient (Wildman–Crippen LogP) is 5.61. The Morgan fingerprint density at radius 2 is 1.88 bits per heavy atom. The van der Waals surface area contributed by atoms with E-state index in [4.69, 9.17) is 4.74 Å². The number of hydrogen-bond donors (Lipinski definition) is 0. The number of nitrogens with zero attached hydrogens (tertiary/aromatic N) is 2. The molecule has 172 valence electrons. The molecule has 11 heteroatoms. The number of ketones is 1. The zero-order valence-electron chi connectivity index (χ0n) is 17.2. The molecule has 0 aliphatic rings. The van der Waals surface area contributed by atoms with Crippen LogP contribution in [0.15, 0.2) is 47.9 Å². The number of aromatic nitrogens is 1. The van der Waals surface area contributed by atoms with Crippen LogP contribution in [0, 0.1) is 11.6 Å². The molecule has 33 heavy (non-hydrogen) atoms. The van der Waals surface area contributed by atoms with Gasteiger partial charge in [-0.05, 0) is 42.5 Å². The highest BCUT2D eigenvalue weighted by Crippen LogP contribution is 2.32. The van der Waals surface area contributed by atoms with Crippen molar-refractivity contribution in [1.29, 1.82) is 0 Å². The Bertz CT molecular complexity index is 1210. The van der Waals surface area contributed by atoms with Gasteiger partial charge in [-0.2, -0.15) is 8.78 Å². The van der Waals surface area contributed by atoms with Crippen LogP contribution in [0.1, 0.15) is 23.0 Å². The fourth-order valence-corrected chi connectivity index (χ4v) is 3.64. The van der Waals surface area contributed by atoms with Gasteiger partial charge in [0.2, 0.25) is 5.91 Å². The summed E-state index contributed by atoms with van der Waals surface area (Å²) in [5, 5.41) is 1.66. The molecule has 0 radical (unpaired) electrons. The number of alkyl halides is 2. The number of halogens is 4. The van der Waals surface area contributed by atoms with Crippen molar-refractivity contribution in [3.63, 3.8) is 0 Å². The number of benzene rings is 2. The average Bonchev–Trinajstić information content (AvgIpc) is 3.22. The zero-order chi connectivity index (χ0) is 24.1. The van der Waals surface area contributed by atoms with Crippen LogP contribution in [0.5, 0.6) is 11.5 Å². The number of carbonyl (C=O) groups is 2. The van der Waals surface area contributed by atoms with E-state index in [2.05, 4.69) is 9.72 Å². The van der Waals surface area contributed by atoms with Gasteiger partial charge in [0.1, 0.15) is 11.6 Å². The van der Waals surface area contributed by atoms with E-state index in [1.165, 1.54) is 49.8 Å². The fourth-order valence-electron chi connectivity index (χ4n) is 2.80. The molecule has 0 N–H and O–H groups in total. The van der Waals surface area contributed by atoms with E-state index in [1.54, 1.807) is 0 Å². The highest BCUT2D eigenvalue weighted by atomic mass is 32.1. The van der Waals surface area contributed by atoms with Gasteiger partial charge in [0.05, 0.1) is 18.5 Å². The minimum Gasteiger partial charge on any atom is -0.493 e. The van der Waals surface area contributed by atoms with E-state index in [9.17, 15) is 27.2 Å². The molecule has 0 fully saturated rings. The molecule has 1 amide bonds. The van der Waals surface area contributed by atoms with E-state index < -0.39 is 29.9 Å². The van der Waals surface area contributed by atoms with Crippen LogP contribution in [0.4, 0.5) is 28.4 Å². The molecule has 0 spiro atoms. The first-order valence-electron chi connectivity index (χ1n) is 9.26. The third-order valence-corrected chi connectivity index (χ3v) is 5.08. The maximum Gasteiger partial charge on any atom is 0.387 e.